The van der Waals surface area contributed by atoms with Crippen LogP contribution >= 0.6 is 0 Å². The summed E-state index contributed by atoms with van der Waals surface area (Å²) in [5.74, 6) is 1.43. The van der Waals surface area contributed by atoms with Crippen LogP contribution in [0.3, 0.4) is 0 Å². The molecule has 0 spiro atoms. The van der Waals surface area contributed by atoms with Crippen LogP contribution in [0, 0.1) is 6.92 Å². The summed E-state index contributed by atoms with van der Waals surface area (Å²) in [6.45, 7) is 1.92. The van der Waals surface area contributed by atoms with Gasteiger partial charge in [0.15, 0.2) is 0 Å². The molecule has 3 nitrogen and oxygen atoms in total. The summed E-state index contributed by atoms with van der Waals surface area (Å²) in [5, 5.41) is 3.69. The van der Waals surface area contributed by atoms with Gasteiger partial charge in [-0.1, -0.05) is 5.16 Å². The first-order chi connectivity index (χ1) is 4.79. The molecule has 1 saturated carbocycles. The lowest BCUT2D eigenvalue weighted by Crippen LogP contribution is -2.00. The standard InChI is InChI=1S/C7H10N2O/c1-4-6(3-9-10-4)5-2-7(5)8/h3,5,7H,2,8H2,1H3/t5-,7+/m0/s1. The van der Waals surface area contributed by atoms with E-state index >= 15 is 0 Å². The molecule has 0 radical (unpaired) electrons. The number of aromatic nitrogens is 1. The number of hydrogen-bond acceptors (Lipinski definition) is 3. The third kappa shape index (κ3) is 0.743. The molecule has 1 aromatic rings. The van der Waals surface area contributed by atoms with Crippen molar-refractivity contribution < 1.29 is 4.52 Å². The Bertz CT molecular complexity index is 244. The van der Waals surface area contributed by atoms with Crippen molar-refractivity contribution in [3.63, 3.8) is 0 Å². The normalized spacial score (nSPS) is 30.6. The van der Waals surface area contributed by atoms with Crippen LogP contribution in [0.5, 0.6) is 0 Å². The Balaban J connectivity index is 2.26. The minimum atomic E-state index is 0.345. The Labute approximate surface area is 59.2 Å². The molecule has 1 fully saturated rings. The monoisotopic (exact) mass is 138 g/mol. The quantitative estimate of drug-likeness (QED) is 0.624. The summed E-state index contributed by atoms with van der Waals surface area (Å²) >= 11 is 0. The molecule has 2 N–H and O–H groups in total. The summed E-state index contributed by atoms with van der Waals surface area (Å²) in [7, 11) is 0. The van der Waals surface area contributed by atoms with Gasteiger partial charge in [-0.2, -0.15) is 0 Å². The van der Waals surface area contributed by atoms with Gasteiger partial charge in [-0.25, -0.2) is 0 Å². The second-order valence-electron chi connectivity index (χ2n) is 2.84. The van der Waals surface area contributed by atoms with E-state index in [4.69, 9.17) is 10.3 Å². The molecular weight excluding hydrogens is 128 g/mol. The fourth-order valence-corrected chi connectivity index (χ4v) is 1.23. The second-order valence-corrected chi connectivity index (χ2v) is 2.84. The first-order valence-corrected chi connectivity index (χ1v) is 3.46. The lowest BCUT2D eigenvalue weighted by molar-refractivity contribution is 0.396. The van der Waals surface area contributed by atoms with Crippen molar-refractivity contribution in [2.24, 2.45) is 5.73 Å². The topological polar surface area (TPSA) is 52.0 Å². The van der Waals surface area contributed by atoms with Crippen LogP contribution in [0.2, 0.25) is 0 Å². The fraction of sp³-hybridized carbons (Fsp3) is 0.571. The van der Waals surface area contributed by atoms with E-state index in [1.165, 1.54) is 5.56 Å². The first kappa shape index (κ1) is 5.92. The Morgan fingerprint density at radius 3 is 2.90 bits per heavy atom. The fourth-order valence-electron chi connectivity index (χ4n) is 1.23. The molecule has 2 atom stereocenters. The van der Waals surface area contributed by atoms with Crippen LogP contribution in [-0.4, -0.2) is 11.2 Å². The van der Waals surface area contributed by atoms with Crippen molar-refractivity contribution in [2.75, 3.05) is 0 Å². The van der Waals surface area contributed by atoms with Gasteiger partial charge in [0.25, 0.3) is 0 Å². The van der Waals surface area contributed by atoms with Gasteiger partial charge in [-0.3, -0.25) is 0 Å². The summed E-state index contributed by atoms with van der Waals surface area (Å²) in [6, 6.07) is 0.345. The molecule has 1 aliphatic rings. The maximum absolute atomic E-state index is 5.66. The minimum Gasteiger partial charge on any atom is -0.361 e. The first-order valence-electron chi connectivity index (χ1n) is 3.46. The van der Waals surface area contributed by atoms with Gasteiger partial charge in [-0.05, 0) is 13.3 Å². The van der Waals surface area contributed by atoms with Crippen molar-refractivity contribution in [1.82, 2.24) is 5.16 Å². The van der Waals surface area contributed by atoms with Crippen molar-refractivity contribution in [2.45, 2.75) is 25.3 Å². The molecule has 0 aliphatic heterocycles. The third-order valence-corrected chi connectivity index (χ3v) is 2.03. The lowest BCUT2D eigenvalue weighted by atomic mass is 10.2. The van der Waals surface area contributed by atoms with E-state index in [2.05, 4.69) is 5.16 Å². The highest BCUT2D eigenvalue weighted by Crippen LogP contribution is 2.40. The summed E-state index contributed by atoms with van der Waals surface area (Å²) in [5.41, 5.74) is 6.84. The summed E-state index contributed by atoms with van der Waals surface area (Å²) in [6.07, 6.45) is 2.86. The Morgan fingerprint density at radius 1 is 1.80 bits per heavy atom. The molecule has 0 bridgehead atoms. The highest BCUT2D eigenvalue weighted by atomic mass is 16.5. The molecule has 0 aromatic carbocycles. The zero-order chi connectivity index (χ0) is 7.14. The van der Waals surface area contributed by atoms with Gasteiger partial charge in [0.2, 0.25) is 0 Å². The third-order valence-electron chi connectivity index (χ3n) is 2.03. The molecule has 1 aromatic heterocycles. The van der Waals surface area contributed by atoms with Crippen molar-refractivity contribution in [1.29, 1.82) is 0 Å². The zero-order valence-corrected chi connectivity index (χ0v) is 5.87. The van der Waals surface area contributed by atoms with Gasteiger partial charge in [0, 0.05) is 17.5 Å². The largest absolute Gasteiger partial charge is 0.361 e. The van der Waals surface area contributed by atoms with Crippen molar-refractivity contribution in [3.05, 3.63) is 17.5 Å². The predicted molar refractivity (Wildman–Crippen MR) is 36.6 cm³/mol. The minimum absolute atomic E-state index is 0.345. The molecule has 1 heterocycles. The highest BCUT2D eigenvalue weighted by Gasteiger charge is 2.37. The molecule has 2 rings (SSSR count). The Morgan fingerprint density at radius 2 is 2.50 bits per heavy atom. The van der Waals surface area contributed by atoms with Gasteiger partial charge in [-0.15, -0.1) is 0 Å². The molecular formula is C7H10N2O. The van der Waals surface area contributed by atoms with Crippen molar-refractivity contribution >= 4 is 0 Å². The van der Waals surface area contributed by atoms with Gasteiger partial charge >= 0.3 is 0 Å². The van der Waals surface area contributed by atoms with Crippen LogP contribution in [0.1, 0.15) is 23.7 Å². The van der Waals surface area contributed by atoms with E-state index in [0.29, 0.717) is 12.0 Å². The van der Waals surface area contributed by atoms with Gasteiger partial charge < -0.3 is 10.3 Å². The summed E-state index contributed by atoms with van der Waals surface area (Å²) < 4.78 is 4.91. The number of nitrogens with two attached hydrogens (primary N) is 1. The van der Waals surface area contributed by atoms with E-state index in [9.17, 15) is 0 Å². The van der Waals surface area contributed by atoms with E-state index in [-0.39, 0.29) is 0 Å². The average molecular weight is 138 g/mol. The lowest BCUT2D eigenvalue weighted by Gasteiger charge is -1.89. The van der Waals surface area contributed by atoms with E-state index in [1.807, 2.05) is 6.92 Å². The average Bonchev–Trinajstić information content (AvgIpc) is 2.42. The number of hydrogen-bond donors (Lipinski definition) is 1. The maximum atomic E-state index is 5.66. The van der Waals surface area contributed by atoms with Crippen LogP contribution in [0.25, 0.3) is 0 Å². The molecule has 10 heavy (non-hydrogen) atoms. The zero-order valence-electron chi connectivity index (χ0n) is 5.87. The SMILES string of the molecule is Cc1oncc1[C@@H]1C[C@H]1N. The summed E-state index contributed by atoms with van der Waals surface area (Å²) in [4.78, 5) is 0. The molecule has 0 saturated heterocycles. The predicted octanol–water partition coefficient (Wildman–Crippen LogP) is 0.798. The van der Waals surface area contributed by atoms with Crippen LogP contribution in [0.4, 0.5) is 0 Å². The second kappa shape index (κ2) is 1.83. The maximum Gasteiger partial charge on any atom is 0.137 e. The smallest absolute Gasteiger partial charge is 0.137 e. The Kier molecular flexibility index (Phi) is 1.08. The van der Waals surface area contributed by atoms with Crippen LogP contribution in [-0.2, 0) is 0 Å². The van der Waals surface area contributed by atoms with Crippen LogP contribution < -0.4 is 5.73 Å². The highest BCUT2D eigenvalue weighted by molar-refractivity contribution is 5.26. The van der Waals surface area contributed by atoms with E-state index < -0.39 is 0 Å². The number of nitrogens with zero attached hydrogens (tertiary/aromatic N) is 1. The molecule has 0 unspecified atom stereocenters. The number of rotatable bonds is 1. The number of aryl methyl sites for hydroxylation is 1. The molecule has 1 aliphatic carbocycles. The van der Waals surface area contributed by atoms with Crippen LogP contribution in [0.15, 0.2) is 10.7 Å². The molecule has 0 amide bonds. The van der Waals surface area contributed by atoms with Crippen molar-refractivity contribution in [3.8, 4) is 0 Å². The van der Waals surface area contributed by atoms with Gasteiger partial charge in [0.05, 0.1) is 6.20 Å². The van der Waals surface area contributed by atoms with E-state index in [1.54, 1.807) is 6.20 Å². The Hall–Kier alpha value is -0.830. The molecule has 3 heteroatoms. The van der Waals surface area contributed by atoms with E-state index in [0.717, 1.165) is 12.2 Å². The van der Waals surface area contributed by atoms with Gasteiger partial charge in [0.1, 0.15) is 5.76 Å². The molecule has 54 valence electrons.